The van der Waals surface area contributed by atoms with Crippen LogP contribution in [-0.2, 0) is 10.1 Å². The largest absolute Gasteiger partial charge is 0.379 e. The zero-order valence-corrected chi connectivity index (χ0v) is 17.5. The molecule has 0 spiro atoms. The van der Waals surface area contributed by atoms with Gasteiger partial charge in [-0.2, -0.15) is 8.42 Å². The van der Waals surface area contributed by atoms with Crippen LogP contribution in [0.1, 0.15) is 25.0 Å². The van der Waals surface area contributed by atoms with Crippen molar-refractivity contribution >= 4 is 21.8 Å². The molecular weight excluding hydrogens is 376 g/mol. The van der Waals surface area contributed by atoms with Crippen molar-refractivity contribution in [2.45, 2.75) is 32.6 Å². The van der Waals surface area contributed by atoms with Gasteiger partial charge in [0.2, 0.25) is 0 Å². The minimum atomic E-state index is -3.94. The Morgan fingerprint density at radius 3 is 2.18 bits per heavy atom. The summed E-state index contributed by atoms with van der Waals surface area (Å²) in [5.74, 6) is 0.694. The van der Waals surface area contributed by atoms with E-state index in [4.69, 9.17) is 4.18 Å². The van der Waals surface area contributed by atoms with Crippen LogP contribution in [0.5, 0.6) is 5.75 Å². The van der Waals surface area contributed by atoms with Gasteiger partial charge in [0.1, 0.15) is 10.6 Å². The Kier molecular flexibility index (Phi) is 5.65. The smallest absolute Gasteiger partial charge is 0.339 e. The van der Waals surface area contributed by atoms with E-state index in [-0.39, 0.29) is 10.9 Å². The molecule has 0 radical (unpaired) electrons. The summed E-state index contributed by atoms with van der Waals surface area (Å²) in [6, 6.07) is 11.5. The second kappa shape index (κ2) is 7.83. The molecule has 0 aliphatic carbocycles. The number of rotatable bonds is 6. The zero-order chi connectivity index (χ0) is 20.5. The molecule has 28 heavy (non-hydrogen) atoms. The molecule has 0 bridgehead atoms. The fourth-order valence-electron chi connectivity index (χ4n) is 3.38. The highest BCUT2D eigenvalue weighted by atomic mass is 32.2. The van der Waals surface area contributed by atoms with E-state index in [2.05, 4.69) is 13.8 Å². The molecule has 1 fully saturated rings. The van der Waals surface area contributed by atoms with Gasteiger partial charge in [0.15, 0.2) is 0 Å². The Balaban J connectivity index is 1.76. The van der Waals surface area contributed by atoms with Crippen molar-refractivity contribution in [3.63, 3.8) is 0 Å². The van der Waals surface area contributed by atoms with E-state index in [0.29, 0.717) is 37.0 Å². The third kappa shape index (κ3) is 4.47. The maximum absolute atomic E-state index is 12.6. The number of anilines is 1. The first-order chi connectivity index (χ1) is 13.2. The fourth-order valence-corrected chi connectivity index (χ4v) is 4.30. The third-order valence-electron chi connectivity index (χ3n) is 4.52. The summed E-state index contributed by atoms with van der Waals surface area (Å²) >= 11 is 0. The Bertz CT molecular complexity index is 948. The lowest BCUT2D eigenvalue weighted by atomic mass is 10.1. The summed E-state index contributed by atoms with van der Waals surface area (Å²) in [4.78, 5) is 16.1. The average Bonchev–Trinajstić information content (AvgIpc) is 2.94. The molecule has 1 aliphatic heterocycles. The molecule has 1 heterocycles. The first-order valence-electron chi connectivity index (χ1n) is 9.35. The maximum Gasteiger partial charge on any atom is 0.339 e. The highest BCUT2D eigenvalue weighted by Gasteiger charge is 2.30. The predicted octanol–water partition coefficient (Wildman–Crippen LogP) is 3.97. The first-order valence-corrected chi connectivity index (χ1v) is 10.8. The molecule has 0 aromatic heterocycles. The Hall–Kier alpha value is -2.54. The molecule has 0 N–H and O–H groups in total. The molecule has 1 aliphatic rings. The van der Waals surface area contributed by atoms with Gasteiger partial charge in [-0.1, -0.05) is 19.9 Å². The van der Waals surface area contributed by atoms with Crippen molar-refractivity contribution in [1.29, 1.82) is 0 Å². The summed E-state index contributed by atoms with van der Waals surface area (Å²) in [6.07, 6.45) is 0. The van der Waals surface area contributed by atoms with E-state index in [1.54, 1.807) is 29.2 Å². The molecule has 0 unspecified atom stereocenters. The SMILES string of the molecule is Cc1cc(C)cc(OS(=O)(=O)c2ccc(N3CCN(CC(C)C)C3=O)cc2)c1. The van der Waals surface area contributed by atoms with Crippen LogP contribution in [-0.4, -0.2) is 39.0 Å². The van der Waals surface area contributed by atoms with Gasteiger partial charge >= 0.3 is 16.1 Å². The first kappa shape index (κ1) is 20.2. The molecule has 1 saturated heterocycles. The van der Waals surface area contributed by atoms with Crippen molar-refractivity contribution in [2.75, 3.05) is 24.5 Å². The number of urea groups is 1. The zero-order valence-electron chi connectivity index (χ0n) is 16.7. The molecule has 0 atom stereocenters. The van der Waals surface area contributed by atoms with Crippen LogP contribution in [0, 0.1) is 19.8 Å². The molecule has 2 aromatic rings. The van der Waals surface area contributed by atoms with E-state index < -0.39 is 10.1 Å². The standard InChI is InChI=1S/C21H26N2O4S/c1-15(2)14-22-9-10-23(21(22)24)18-5-7-20(8-6-18)28(25,26)27-19-12-16(3)11-17(4)13-19/h5-8,11-13,15H,9-10,14H2,1-4H3. The Labute approximate surface area is 166 Å². The van der Waals surface area contributed by atoms with E-state index >= 15 is 0 Å². The summed E-state index contributed by atoms with van der Waals surface area (Å²) < 4.78 is 30.4. The molecule has 150 valence electrons. The summed E-state index contributed by atoms with van der Waals surface area (Å²) in [6.45, 7) is 9.90. The predicted molar refractivity (Wildman–Crippen MR) is 109 cm³/mol. The summed E-state index contributed by atoms with van der Waals surface area (Å²) in [7, 11) is -3.94. The maximum atomic E-state index is 12.6. The highest BCUT2D eigenvalue weighted by Crippen LogP contribution is 2.25. The van der Waals surface area contributed by atoms with E-state index in [1.165, 1.54) is 12.1 Å². The van der Waals surface area contributed by atoms with Crippen LogP contribution in [0.25, 0.3) is 0 Å². The van der Waals surface area contributed by atoms with Gasteiger partial charge in [-0.3, -0.25) is 4.90 Å². The monoisotopic (exact) mass is 402 g/mol. The number of hydrogen-bond donors (Lipinski definition) is 0. The number of aryl methyl sites for hydroxylation is 2. The lowest BCUT2D eigenvalue weighted by Gasteiger charge is -2.20. The number of carbonyl (C=O) groups excluding carboxylic acids is 1. The number of carbonyl (C=O) groups is 1. The molecular formula is C21H26N2O4S. The second-order valence-corrected chi connectivity index (χ2v) is 9.18. The third-order valence-corrected chi connectivity index (χ3v) is 5.78. The van der Waals surface area contributed by atoms with Crippen molar-refractivity contribution in [1.82, 2.24) is 4.90 Å². The number of amides is 2. The average molecular weight is 403 g/mol. The second-order valence-electron chi connectivity index (χ2n) is 7.63. The van der Waals surface area contributed by atoms with Crippen LogP contribution in [0.2, 0.25) is 0 Å². The minimum Gasteiger partial charge on any atom is -0.379 e. The quantitative estimate of drug-likeness (QED) is 0.686. The topological polar surface area (TPSA) is 66.9 Å². The number of nitrogens with zero attached hydrogens (tertiary/aromatic N) is 2. The normalized spacial score (nSPS) is 14.8. The molecule has 2 aromatic carbocycles. The van der Waals surface area contributed by atoms with Crippen LogP contribution in [0.4, 0.5) is 10.5 Å². The lowest BCUT2D eigenvalue weighted by molar-refractivity contribution is 0.215. The van der Waals surface area contributed by atoms with Gasteiger partial charge in [0.05, 0.1) is 0 Å². The van der Waals surface area contributed by atoms with Gasteiger partial charge in [0, 0.05) is 25.3 Å². The molecule has 6 nitrogen and oxygen atoms in total. The Morgan fingerprint density at radius 2 is 1.61 bits per heavy atom. The van der Waals surface area contributed by atoms with Crippen LogP contribution in [0.15, 0.2) is 47.4 Å². The van der Waals surface area contributed by atoms with E-state index in [1.807, 2.05) is 24.8 Å². The summed E-state index contributed by atoms with van der Waals surface area (Å²) in [5, 5.41) is 0. The van der Waals surface area contributed by atoms with E-state index in [9.17, 15) is 13.2 Å². The van der Waals surface area contributed by atoms with Gasteiger partial charge in [0.25, 0.3) is 0 Å². The van der Waals surface area contributed by atoms with Crippen LogP contribution < -0.4 is 9.08 Å². The van der Waals surface area contributed by atoms with Crippen LogP contribution in [0.3, 0.4) is 0 Å². The van der Waals surface area contributed by atoms with Crippen molar-refractivity contribution in [3.05, 3.63) is 53.6 Å². The molecule has 2 amide bonds. The van der Waals surface area contributed by atoms with Crippen LogP contribution >= 0.6 is 0 Å². The minimum absolute atomic E-state index is 0.0456. The molecule has 3 rings (SSSR count). The lowest BCUT2D eigenvalue weighted by Crippen LogP contribution is -2.34. The summed E-state index contributed by atoms with van der Waals surface area (Å²) in [5.41, 5.74) is 2.54. The van der Waals surface area contributed by atoms with Gasteiger partial charge in [-0.05, 0) is 67.3 Å². The van der Waals surface area contributed by atoms with E-state index in [0.717, 1.165) is 11.1 Å². The van der Waals surface area contributed by atoms with Gasteiger partial charge in [-0.25, -0.2) is 4.79 Å². The van der Waals surface area contributed by atoms with Crippen molar-refractivity contribution in [3.8, 4) is 5.75 Å². The number of hydrogen-bond acceptors (Lipinski definition) is 4. The fraction of sp³-hybridized carbons (Fsp3) is 0.381. The highest BCUT2D eigenvalue weighted by molar-refractivity contribution is 7.87. The van der Waals surface area contributed by atoms with Gasteiger partial charge < -0.3 is 9.08 Å². The van der Waals surface area contributed by atoms with Gasteiger partial charge in [-0.15, -0.1) is 0 Å². The Morgan fingerprint density at radius 1 is 1.00 bits per heavy atom. The molecule has 0 saturated carbocycles. The molecule has 7 heteroatoms. The van der Waals surface area contributed by atoms with Crippen molar-refractivity contribution < 1.29 is 17.4 Å². The number of benzene rings is 2. The van der Waals surface area contributed by atoms with Crippen molar-refractivity contribution in [2.24, 2.45) is 5.92 Å².